The van der Waals surface area contributed by atoms with E-state index in [4.69, 9.17) is 4.74 Å². The van der Waals surface area contributed by atoms with Crippen LogP contribution in [0.3, 0.4) is 0 Å². The van der Waals surface area contributed by atoms with Crippen molar-refractivity contribution < 1.29 is 9.53 Å². The first-order valence-corrected chi connectivity index (χ1v) is 6.44. The third-order valence-electron chi connectivity index (χ3n) is 2.74. The Kier molecular flexibility index (Phi) is 5.00. The summed E-state index contributed by atoms with van der Waals surface area (Å²) in [6.07, 6.45) is 4.46. The fourth-order valence-corrected chi connectivity index (χ4v) is 1.75. The standard InChI is InChI=1S/C14H18N4O2/c1-20-13-6-2-5-12(11-13)17-14(19)15-7-3-9-18-10-4-8-16-18/h2,4-6,8,10-11H,3,7,9H2,1H3,(H2,15,17,19). The minimum atomic E-state index is -0.223. The lowest BCUT2D eigenvalue weighted by atomic mass is 10.3. The Morgan fingerprint density at radius 1 is 1.40 bits per heavy atom. The second-order valence-corrected chi connectivity index (χ2v) is 4.24. The van der Waals surface area contributed by atoms with E-state index in [9.17, 15) is 4.79 Å². The summed E-state index contributed by atoms with van der Waals surface area (Å²) in [6, 6.07) is 8.89. The van der Waals surface area contributed by atoms with Crippen molar-refractivity contribution in [3.8, 4) is 5.75 Å². The first kappa shape index (κ1) is 13.9. The molecule has 20 heavy (non-hydrogen) atoms. The highest BCUT2D eigenvalue weighted by atomic mass is 16.5. The van der Waals surface area contributed by atoms with Gasteiger partial charge in [-0.2, -0.15) is 5.10 Å². The number of hydrogen-bond donors (Lipinski definition) is 2. The molecule has 2 rings (SSSR count). The van der Waals surface area contributed by atoms with Gasteiger partial charge in [0, 0.05) is 37.2 Å². The van der Waals surface area contributed by atoms with Crippen LogP contribution in [0.2, 0.25) is 0 Å². The van der Waals surface area contributed by atoms with Crippen LogP contribution in [0, 0.1) is 0 Å². The van der Waals surface area contributed by atoms with Gasteiger partial charge in [0.1, 0.15) is 5.75 Å². The fourth-order valence-electron chi connectivity index (χ4n) is 1.75. The molecule has 2 aromatic rings. The zero-order valence-electron chi connectivity index (χ0n) is 11.4. The molecular formula is C14H18N4O2. The van der Waals surface area contributed by atoms with E-state index in [1.54, 1.807) is 19.4 Å². The minimum absolute atomic E-state index is 0.223. The number of amides is 2. The monoisotopic (exact) mass is 274 g/mol. The zero-order valence-corrected chi connectivity index (χ0v) is 11.4. The summed E-state index contributed by atoms with van der Waals surface area (Å²) in [5.41, 5.74) is 0.703. The van der Waals surface area contributed by atoms with Crippen molar-refractivity contribution >= 4 is 11.7 Å². The molecule has 0 aliphatic carbocycles. The van der Waals surface area contributed by atoms with E-state index >= 15 is 0 Å². The summed E-state index contributed by atoms with van der Waals surface area (Å²) < 4.78 is 6.93. The number of carbonyl (C=O) groups excluding carboxylic acids is 1. The van der Waals surface area contributed by atoms with Crippen LogP contribution in [0.5, 0.6) is 5.75 Å². The van der Waals surface area contributed by atoms with Crippen LogP contribution in [0.4, 0.5) is 10.5 Å². The number of nitrogens with one attached hydrogen (secondary N) is 2. The maximum absolute atomic E-state index is 11.7. The topological polar surface area (TPSA) is 68.2 Å². The van der Waals surface area contributed by atoms with Crippen LogP contribution >= 0.6 is 0 Å². The number of aromatic nitrogens is 2. The van der Waals surface area contributed by atoms with Crippen LogP contribution in [-0.4, -0.2) is 29.5 Å². The summed E-state index contributed by atoms with van der Waals surface area (Å²) in [7, 11) is 1.59. The molecule has 1 heterocycles. The molecule has 0 radical (unpaired) electrons. The molecule has 0 saturated carbocycles. The first-order chi connectivity index (χ1) is 9.78. The molecule has 1 aromatic carbocycles. The smallest absolute Gasteiger partial charge is 0.319 e. The normalized spacial score (nSPS) is 10.1. The van der Waals surface area contributed by atoms with Crippen LogP contribution in [0.15, 0.2) is 42.7 Å². The number of hydrogen-bond acceptors (Lipinski definition) is 3. The van der Waals surface area contributed by atoms with Gasteiger partial charge >= 0.3 is 6.03 Å². The minimum Gasteiger partial charge on any atom is -0.497 e. The molecule has 1 aromatic heterocycles. The van der Waals surface area contributed by atoms with Crippen LogP contribution in [-0.2, 0) is 6.54 Å². The van der Waals surface area contributed by atoms with E-state index in [0.29, 0.717) is 18.0 Å². The maximum Gasteiger partial charge on any atom is 0.319 e. The molecule has 0 aliphatic heterocycles. The van der Waals surface area contributed by atoms with Gasteiger partial charge in [-0.15, -0.1) is 0 Å². The van der Waals surface area contributed by atoms with E-state index in [2.05, 4.69) is 15.7 Å². The van der Waals surface area contributed by atoms with Crippen LogP contribution in [0.1, 0.15) is 6.42 Å². The van der Waals surface area contributed by atoms with Gasteiger partial charge in [0.05, 0.1) is 7.11 Å². The molecule has 0 saturated heterocycles. The van der Waals surface area contributed by atoms with Gasteiger partial charge in [-0.1, -0.05) is 6.07 Å². The first-order valence-electron chi connectivity index (χ1n) is 6.44. The Bertz CT molecular complexity index is 540. The fraction of sp³-hybridized carbons (Fsp3) is 0.286. The molecular weight excluding hydrogens is 256 g/mol. The van der Waals surface area contributed by atoms with Crippen LogP contribution < -0.4 is 15.4 Å². The molecule has 2 N–H and O–H groups in total. The van der Waals surface area contributed by atoms with Gasteiger partial charge in [0.25, 0.3) is 0 Å². The van der Waals surface area contributed by atoms with E-state index in [-0.39, 0.29) is 6.03 Å². The number of urea groups is 1. The SMILES string of the molecule is COc1cccc(NC(=O)NCCCn2cccn2)c1. The number of methoxy groups -OCH3 is 1. The predicted molar refractivity (Wildman–Crippen MR) is 76.9 cm³/mol. The summed E-state index contributed by atoms with van der Waals surface area (Å²) in [5.74, 6) is 0.710. The number of rotatable bonds is 6. The van der Waals surface area contributed by atoms with Gasteiger partial charge in [-0.05, 0) is 24.6 Å². The Labute approximate surface area is 117 Å². The van der Waals surface area contributed by atoms with Crippen molar-refractivity contribution in [2.45, 2.75) is 13.0 Å². The number of aryl methyl sites for hydroxylation is 1. The van der Waals surface area contributed by atoms with E-state index < -0.39 is 0 Å². The summed E-state index contributed by atoms with van der Waals surface area (Å²) >= 11 is 0. The number of ether oxygens (including phenoxy) is 1. The van der Waals surface area contributed by atoms with Crippen molar-refractivity contribution in [3.63, 3.8) is 0 Å². The summed E-state index contributed by atoms with van der Waals surface area (Å²) in [5, 5.41) is 9.65. The van der Waals surface area contributed by atoms with Gasteiger partial charge in [0.15, 0.2) is 0 Å². The average Bonchev–Trinajstić information content (AvgIpc) is 2.97. The Morgan fingerprint density at radius 2 is 2.30 bits per heavy atom. The molecule has 106 valence electrons. The van der Waals surface area contributed by atoms with Crippen molar-refractivity contribution in [1.29, 1.82) is 0 Å². The quantitative estimate of drug-likeness (QED) is 0.793. The summed E-state index contributed by atoms with van der Waals surface area (Å²) in [6.45, 7) is 1.38. The molecule has 2 amide bonds. The number of anilines is 1. The van der Waals surface area contributed by atoms with Gasteiger partial charge in [-0.25, -0.2) is 4.79 Å². The third kappa shape index (κ3) is 4.31. The Balaban J connectivity index is 1.69. The molecule has 6 heteroatoms. The van der Waals surface area contributed by atoms with Crippen molar-refractivity contribution in [2.24, 2.45) is 0 Å². The van der Waals surface area contributed by atoms with Crippen molar-refractivity contribution in [1.82, 2.24) is 15.1 Å². The highest BCUT2D eigenvalue weighted by Crippen LogP contribution is 2.16. The lowest BCUT2D eigenvalue weighted by Crippen LogP contribution is -2.30. The van der Waals surface area contributed by atoms with E-state index in [1.165, 1.54) is 0 Å². The molecule has 0 spiro atoms. The molecule has 6 nitrogen and oxygen atoms in total. The van der Waals surface area contributed by atoms with Gasteiger partial charge in [-0.3, -0.25) is 4.68 Å². The molecule has 0 fully saturated rings. The Morgan fingerprint density at radius 3 is 3.05 bits per heavy atom. The summed E-state index contributed by atoms with van der Waals surface area (Å²) in [4.78, 5) is 11.7. The molecule has 0 unspecified atom stereocenters. The molecule has 0 bridgehead atoms. The second kappa shape index (κ2) is 7.18. The van der Waals surface area contributed by atoms with Crippen molar-refractivity contribution in [2.75, 3.05) is 19.0 Å². The van der Waals surface area contributed by atoms with E-state index in [0.717, 1.165) is 13.0 Å². The third-order valence-corrected chi connectivity index (χ3v) is 2.74. The van der Waals surface area contributed by atoms with Gasteiger partial charge in [0.2, 0.25) is 0 Å². The lowest BCUT2D eigenvalue weighted by Gasteiger charge is -2.08. The maximum atomic E-state index is 11.7. The van der Waals surface area contributed by atoms with Crippen LogP contribution in [0.25, 0.3) is 0 Å². The van der Waals surface area contributed by atoms with Crippen molar-refractivity contribution in [3.05, 3.63) is 42.7 Å². The van der Waals surface area contributed by atoms with Gasteiger partial charge < -0.3 is 15.4 Å². The highest BCUT2D eigenvalue weighted by Gasteiger charge is 2.02. The number of nitrogens with zero attached hydrogens (tertiary/aromatic N) is 2. The Hall–Kier alpha value is -2.50. The molecule has 0 atom stereocenters. The largest absolute Gasteiger partial charge is 0.497 e. The number of benzene rings is 1. The second-order valence-electron chi connectivity index (χ2n) is 4.24. The average molecular weight is 274 g/mol. The highest BCUT2D eigenvalue weighted by molar-refractivity contribution is 5.89. The zero-order chi connectivity index (χ0) is 14.2. The van der Waals surface area contributed by atoms with E-state index in [1.807, 2.05) is 35.1 Å². The lowest BCUT2D eigenvalue weighted by molar-refractivity contribution is 0.251. The predicted octanol–water partition coefficient (Wildman–Crippen LogP) is 2.10. The number of carbonyl (C=O) groups is 1. The molecule has 0 aliphatic rings.